The summed E-state index contributed by atoms with van der Waals surface area (Å²) >= 11 is 2.95. The van der Waals surface area contributed by atoms with Gasteiger partial charge in [-0.05, 0) is 40.2 Å². The highest BCUT2D eigenvalue weighted by molar-refractivity contribution is 9.10. The van der Waals surface area contributed by atoms with Gasteiger partial charge in [-0.3, -0.25) is 0 Å². The summed E-state index contributed by atoms with van der Waals surface area (Å²) in [6, 6.07) is 6.49. The third kappa shape index (κ3) is 2.71. The average molecular weight is 460 g/mol. The third-order valence-corrected chi connectivity index (χ3v) is 5.23. The molecule has 3 nitrogen and oxygen atoms in total. The zero-order valence-corrected chi connectivity index (χ0v) is 15.5. The Labute approximate surface area is 164 Å². The molecule has 0 aromatic heterocycles. The summed E-state index contributed by atoms with van der Waals surface area (Å²) in [6.45, 7) is 3.25. The van der Waals surface area contributed by atoms with Crippen LogP contribution in [0.4, 0.5) is 22.0 Å². The van der Waals surface area contributed by atoms with E-state index in [-0.39, 0.29) is 21.5 Å². The number of halogens is 6. The van der Waals surface area contributed by atoms with E-state index in [2.05, 4.69) is 22.5 Å². The van der Waals surface area contributed by atoms with Gasteiger partial charge >= 0.3 is 11.8 Å². The molecule has 0 aliphatic heterocycles. The maximum atomic E-state index is 14.4. The fourth-order valence-corrected chi connectivity index (χ4v) is 3.89. The van der Waals surface area contributed by atoms with Crippen LogP contribution in [0.15, 0.2) is 47.5 Å². The first kappa shape index (κ1) is 20.3. The smallest absolute Gasteiger partial charge is 0.346 e. The van der Waals surface area contributed by atoms with Crippen LogP contribution >= 0.6 is 15.9 Å². The van der Waals surface area contributed by atoms with E-state index in [9.17, 15) is 27.1 Å². The van der Waals surface area contributed by atoms with Gasteiger partial charge in [0.25, 0.3) is 0 Å². The molecular formula is C19H11BrF5NO2. The number of nitriles is 1. The second kappa shape index (κ2) is 6.57. The van der Waals surface area contributed by atoms with E-state index in [0.717, 1.165) is 30.3 Å². The molecule has 0 radical (unpaired) electrons. The third-order valence-electron chi connectivity index (χ3n) is 4.44. The minimum absolute atomic E-state index is 0.0616. The number of nitrogens with zero attached hydrogens (tertiary/aromatic N) is 1. The van der Waals surface area contributed by atoms with Crippen LogP contribution in [0.1, 0.15) is 23.1 Å². The van der Waals surface area contributed by atoms with Crippen molar-refractivity contribution in [3.8, 4) is 17.6 Å². The number of hydrogen-bond acceptors (Lipinski definition) is 3. The first-order valence-electron chi connectivity index (χ1n) is 7.80. The first-order chi connectivity index (χ1) is 13.0. The Balaban J connectivity index is 2.17. The van der Waals surface area contributed by atoms with Crippen LogP contribution < -0.4 is 4.74 Å². The number of aliphatic hydroxyl groups is 1. The van der Waals surface area contributed by atoms with Crippen LogP contribution in [0.2, 0.25) is 0 Å². The minimum Gasteiger partial charge on any atom is -0.456 e. The SMILES string of the molecule is C=CC[C@@]1(O)c2c(ccc(Oc3cc(F)cc(C#N)c3)c2Br)C(F)(F)C1(F)F. The topological polar surface area (TPSA) is 53.2 Å². The molecular weight excluding hydrogens is 449 g/mol. The number of fused-ring (bicyclic) bond motifs is 1. The number of benzene rings is 2. The second-order valence-electron chi connectivity index (χ2n) is 6.19. The van der Waals surface area contributed by atoms with Crippen LogP contribution in [-0.2, 0) is 11.5 Å². The maximum absolute atomic E-state index is 14.4. The Hall–Kier alpha value is -2.44. The molecule has 0 saturated heterocycles. The largest absolute Gasteiger partial charge is 0.456 e. The van der Waals surface area contributed by atoms with Crippen molar-refractivity contribution in [3.63, 3.8) is 0 Å². The Morgan fingerprint density at radius 2 is 1.89 bits per heavy atom. The van der Waals surface area contributed by atoms with E-state index in [1.54, 1.807) is 6.07 Å². The van der Waals surface area contributed by atoms with Gasteiger partial charge in [-0.25, -0.2) is 4.39 Å². The predicted octanol–water partition coefficient (Wildman–Crippen LogP) is 5.76. The van der Waals surface area contributed by atoms with Gasteiger partial charge in [0.2, 0.25) is 0 Å². The molecule has 0 unspecified atom stereocenters. The summed E-state index contributed by atoms with van der Waals surface area (Å²) < 4.78 is 76.2. The molecule has 0 spiro atoms. The molecule has 2 aromatic rings. The highest BCUT2D eigenvalue weighted by Crippen LogP contribution is 2.64. The molecule has 1 N–H and O–H groups in total. The summed E-state index contributed by atoms with van der Waals surface area (Å²) in [4.78, 5) is 0. The number of ether oxygens (including phenoxy) is 1. The lowest BCUT2D eigenvalue weighted by atomic mass is 9.89. The minimum atomic E-state index is -4.80. The first-order valence-corrected chi connectivity index (χ1v) is 8.60. The molecule has 0 heterocycles. The Morgan fingerprint density at radius 1 is 1.21 bits per heavy atom. The molecule has 2 aromatic carbocycles. The van der Waals surface area contributed by atoms with Crippen LogP contribution in [0.5, 0.6) is 11.5 Å². The van der Waals surface area contributed by atoms with Crippen molar-refractivity contribution >= 4 is 15.9 Å². The van der Waals surface area contributed by atoms with Gasteiger partial charge in [0, 0.05) is 23.6 Å². The van der Waals surface area contributed by atoms with E-state index in [0.29, 0.717) is 0 Å². The van der Waals surface area contributed by atoms with Crippen molar-refractivity contribution in [2.75, 3.05) is 0 Å². The lowest BCUT2D eigenvalue weighted by molar-refractivity contribution is -0.285. The monoisotopic (exact) mass is 459 g/mol. The van der Waals surface area contributed by atoms with Crippen LogP contribution in [-0.4, -0.2) is 11.0 Å². The lowest BCUT2D eigenvalue weighted by Gasteiger charge is -2.32. The highest BCUT2D eigenvalue weighted by Gasteiger charge is 2.76. The molecule has 28 heavy (non-hydrogen) atoms. The van der Waals surface area contributed by atoms with Crippen LogP contribution in [0.3, 0.4) is 0 Å². The number of alkyl halides is 4. The van der Waals surface area contributed by atoms with Crippen LogP contribution in [0.25, 0.3) is 0 Å². The quantitative estimate of drug-likeness (QED) is 0.467. The van der Waals surface area contributed by atoms with Crippen molar-refractivity contribution in [1.82, 2.24) is 0 Å². The molecule has 1 aliphatic carbocycles. The average Bonchev–Trinajstić information content (AvgIpc) is 2.73. The predicted molar refractivity (Wildman–Crippen MR) is 92.9 cm³/mol. The van der Waals surface area contributed by atoms with Crippen molar-refractivity contribution in [2.45, 2.75) is 23.9 Å². The maximum Gasteiger partial charge on any atom is 0.346 e. The van der Waals surface area contributed by atoms with Crippen molar-refractivity contribution in [2.24, 2.45) is 0 Å². The van der Waals surface area contributed by atoms with Gasteiger partial charge in [0.15, 0.2) is 5.60 Å². The van der Waals surface area contributed by atoms with Gasteiger partial charge in [-0.2, -0.15) is 22.8 Å². The Morgan fingerprint density at radius 3 is 2.50 bits per heavy atom. The van der Waals surface area contributed by atoms with Gasteiger partial charge in [-0.1, -0.05) is 6.08 Å². The zero-order chi connectivity index (χ0) is 20.9. The lowest BCUT2D eigenvalue weighted by Crippen LogP contribution is -2.48. The normalized spacial score (nSPS) is 21.6. The number of hydrogen-bond donors (Lipinski definition) is 1. The van der Waals surface area contributed by atoms with E-state index >= 15 is 0 Å². The van der Waals surface area contributed by atoms with Gasteiger partial charge in [0.05, 0.1) is 16.1 Å². The van der Waals surface area contributed by atoms with E-state index in [1.807, 2.05) is 0 Å². The summed E-state index contributed by atoms with van der Waals surface area (Å²) in [5.41, 5.74) is -5.09. The molecule has 0 amide bonds. The van der Waals surface area contributed by atoms with Gasteiger partial charge < -0.3 is 9.84 Å². The summed E-state index contributed by atoms with van der Waals surface area (Å²) in [7, 11) is 0. The standard InChI is InChI=1S/C19H11BrF5NO2/c1-2-5-17(27)15-13(18(22,23)19(17,24)25)3-4-14(16(15)20)28-12-7-10(9-26)6-11(21)8-12/h2-4,6-8,27H,1,5H2/t17-/m1/s1. The number of rotatable bonds is 4. The fraction of sp³-hybridized carbons (Fsp3) is 0.211. The van der Waals surface area contributed by atoms with Crippen LogP contribution in [0, 0.1) is 17.1 Å². The summed E-state index contributed by atoms with van der Waals surface area (Å²) in [6.07, 6.45) is 0.0635. The van der Waals surface area contributed by atoms with Gasteiger partial charge in [0.1, 0.15) is 17.3 Å². The van der Waals surface area contributed by atoms with Crippen molar-refractivity contribution in [1.29, 1.82) is 5.26 Å². The molecule has 1 aliphatic rings. The van der Waals surface area contributed by atoms with Gasteiger partial charge in [-0.15, -0.1) is 6.58 Å². The van der Waals surface area contributed by atoms with Crippen molar-refractivity contribution < 1.29 is 31.8 Å². The van der Waals surface area contributed by atoms with Crippen molar-refractivity contribution in [3.05, 3.63) is 70.0 Å². The molecule has 0 fully saturated rings. The molecule has 3 rings (SSSR count). The highest BCUT2D eigenvalue weighted by atomic mass is 79.9. The molecule has 0 bridgehead atoms. The second-order valence-corrected chi connectivity index (χ2v) is 6.98. The summed E-state index contributed by atoms with van der Waals surface area (Å²) in [5, 5.41) is 19.4. The molecule has 146 valence electrons. The Kier molecular flexibility index (Phi) is 4.76. The fourth-order valence-electron chi connectivity index (χ4n) is 3.14. The summed E-state index contributed by atoms with van der Waals surface area (Å²) in [5.74, 6) is -10.6. The van der Waals surface area contributed by atoms with E-state index in [1.165, 1.54) is 6.07 Å². The molecule has 1 atom stereocenters. The zero-order valence-electron chi connectivity index (χ0n) is 13.9. The van der Waals surface area contributed by atoms with E-state index in [4.69, 9.17) is 10.00 Å². The molecule has 9 heteroatoms. The molecule has 0 saturated carbocycles. The Bertz CT molecular complexity index is 1020. The van der Waals surface area contributed by atoms with E-state index < -0.39 is 40.8 Å².